The van der Waals surface area contributed by atoms with Crippen molar-refractivity contribution in [3.63, 3.8) is 0 Å². The second-order valence-corrected chi connectivity index (χ2v) is 20.0. The summed E-state index contributed by atoms with van der Waals surface area (Å²) in [6, 6.07) is 21.6. The van der Waals surface area contributed by atoms with Gasteiger partial charge in [-0.1, -0.05) is 125 Å². The topological polar surface area (TPSA) is 132 Å². The average molecular weight is 962 g/mol. The van der Waals surface area contributed by atoms with Crippen molar-refractivity contribution in [2.24, 2.45) is 22.9 Å². The van der Waals surface area contributed by atoms with Crippen molar-refractivity contribution in [1.29, 1.82) is 0 Å². The molecule has 8 rings (SSSR count). The van der Waals surface area contributed by atoms with Crippen molar-refractivity contribution in [2.75, 3.05) is 52.9 Å². The standard InChI is InChI=1S/C58H79N3O9/c1-3-5-6-7-8-9-10-11-15-24-55(64)61(40-44-25-27-52-53(36-44)67-42-66-52)54-39-50(59-69-41-43-20-13-12-14-21-43)48-37-45(22-16-18-32-62)47(23-17-19-33-63)56-49-38-46(65-35-31-60-29-30-60)26-28-51(49)70-58(54,57(48)56)68-34-4-2/h4,12-14,20-21,25-28,36-38,45,47,54,56-57,62-63H,2-3,5-11,15-19,22-24,29-35,39-42H2,1H3/t45-,47+,54-,56+,57+,58+/m0/s1. The van der Waals surface area contributed by atoms with Gasteiger partial charge in [0, 0.05) is 63.7 Å². The maximum atomic E-state index is 15.4. The van der Waals surface area contributed by atoms with Crippen LogP contribution in [-0.2, 0) is 27.5 Å². The molecular formula is C58H79N3O9. The van der Waals surface area contributed by atoms with E-state index in [0.29, 0.717) is 49.5 Å². The van der Waals surface area contributed by atoms with E-state index in [0.717, 1.165) is 98.3 Å². The summed E-state index contributed by atoms with van der Waals surface area (Å²) in [6.07, 6.45) is 20.1. The summed E-state index contributed by atoms with van der Waals surface area (Å²) in [4.78, 5) is 26.1. The molecule has 6 atom stereocenters. The highest BCUT2D eigenvalue weighted by molar-refractivity contribution is 6.03. The van der Waals surface area contributed by atoms with Crippen LogP contribution >= 0.6 is 0 Å². The Hall–Kier alpha value is -4.88. The Bertz CT molecular complexity index is 2190. The van der Waals surface area contributed by atoms with E-state index in [1.165, 1.54) is 38.5 Å². The highest BCUT2D eigenvalue weighted by atomic mass is 16.7. The molecule has 3 aliphatic heterocycles. The number of carbonyl (C=O) groups is 1. The fraction of sp³-hybridized carbons (Fsp3) is 0.586. The van der Waals surface area contributed by atoms with Crippen LogP contribution in [0, 0.1) is 17.8 Å². The molecule has 5 aliphatic rings. The third-order valence-corrected chi connectivity index (χ3v) is 15.1. The minimum absolute atomic E-state index is 0.0301. The molecule has 1 saturated carbocycles. The minimum Gasteiger partial charge on any atom is -0.492 e. The second kappa shape index (κ2) is 26.0. The van der Waals surface area contributed by atoms with Gasteiger partial charge in [-0.05, 0) is 91.0 Å². The molecule has 0 unspecified atom stereocenters. The molecule has 3 heterocycles. The Morgan fingerprint density at radius 2 is 1.60 bits per heavy atom. The van der Waals surface area contributed by atoms with Crippen LogP contribution < -0.4 is 18.9 Å². The third kappa shape index (κ3) is 13.0. The molecule has 0 bridgehead atoms. The number of fused-ring (bicyclic) bond motifs is 3. The number of unbranched alkanes of at least 4 members (excludes halogenated alkanes) is 10. The van der Waals surface area contributed by atoms with E-state index in [1.807, 2.05) is 65.6 Å². The van der Waals surface area contributed by atoms with Crippen molar-refractivity contribution >= 4 is 11.6 Å². The van der Waals surface area contributed by atoms with Gasteiger partial charge in [0.05, 0.1) is 18.2 Å². The third-order valence-electron chi connectivity index (χ3n) is 15.1. The van der Waals surface area contributed by atoms with Gasteiger partial charge >= 0.3 is 0 Å². The van der Waals surface area contributed by atoms with E-state index in [-0.39, 0.29) is 63.4 Å². The highest BCUT2D eigenvalue weighted by Gasteiger charge is 2.65. The summed E-state index contributed by atoms with van der Waals surface area (Å²) in [5.74, 6) is 1.17. The van der Waals surface area contributed by atoms with Gasteiger partial charge in [0.1, 0.15) is 30.8 Å². The lowest BCUT2D eigenvalue weighted by Gasteiger charge is -2.60. The molecule has 0 spiro atoms. The number of hydrogen-bond acceptors (Lipinski definition) is 11. The van der Waals surface area contributed by atoms with Crippen LogP contribution in [0.3, 0.4) is 0 Å². The van der Waals surface area contributed by atoms with Crippen LogP contribution in [0.2, 0.25) is 0 Å². The van der Waals surface area contributed by atoms with Gasteiger partial charge in [-0.2, -0.15) is 0 Å². The fourth-order valence-corrected chi connectivity index (χ4v) is 11.4. The van der Waals surface area contributed by atoms with Gasteiger partial charge in [0.25, 0.3) is 0 Å². The van der Waals surface area contributed by atoms with Crippen LogP contribution in [0.4, 0.5) is 0 Å². The van der Waals surface area contributed by atoms with Crippen LogP contribution in [0.1, 0.15) is 139 Å². The van der Waals surface area contributed by atoms with Gasteiger partial charge in [0.15, 0.2) is 11.5 Å². The molecule has 1 saturated heterocycles. The van der Waals surface area contributed by atoms with Crippen molar-refractivity contribution in [3.05, 3.63) is 108 Å². The number of ether oxygens (including phenoxy) is 5. The molecule has 2 N–H and O–H groups in total. The van der Waals surface area contributed by atoms with Crippen LogP contribution in [-0.4, -0.2) is 96.3 Å². The first kappa shape index (κ1) is 51.5. The summed E-state index contributed by atoms with van der Waals surface area (Å²) in [5.41, 5.74) is 4.76. The summed E-state index contributed by atoms with van der Waals surface area (Å²) < 4.78 is 33.0. The monoisotopic (exact) mass is 962 g/mol. The molecule has 70 heavy (non-hydrogen) atoms. The van der Waals surface area contributed by atoms with Gasteiger partial charge in [-0.25, -0.2) is 0 Å². The van der Waals surface area contributed by atoms with E-state index in [1.54, 1.807) is 6.08 Å². The lowest BCUT2D eigenvalue weighted by atomic mass is 9.55. The molecule has 0 radical (unpaired) electrons. The normalized spacial score (nSPS) is 23.5. The van der Waals surface area contributed by atoms with E-state index in [9.17, 15) is 10.2 Å². The van der Waals surface area contributed by atoms with Crippen molar-refractivity contribution in [3.8, 4) is 23.0 Å². The quantitative estimate of drug-likeness (QED) is 0.0278. The fourth-order valence-electron chi connectivity index (χ4n) is 11.4. The Balaban J connectivity index is 1.24. The average Bonchev–Trinajstić information content (AvgIpc) is 4.09. The molecule has 12 heteroatoms. The summed E-state index contributed by atoms with van der Waals surface area (Å²) >= 11 is 0. The lowest BCUT2D eigenvalue weighted by Crippen LogP contribution is -2.70. The number of oxime groups is 1. The van der Waals surface area contributed by atoms with Crippen molar-refractivity contribution in [1.82, 2.24) is 9.80 Å². The molecule has 0 aromatic heterocycles. The van der Waals surface area contributed by atoms with E-state index in [2.05, 4.69) is 30.5 Å². The predicted octanol–water partition coefficient (Wildman–Crippen LogP) is 10.9. The number of amides is 1. The second-order valence-electron chi connectivity index (χ2n) is 20.0. The van der Waals surface area contributed by atoms with Crippen LogP contribution in [0.5, 0.6) is 23.0 Å². The summed E-state index contributed by atoms with van der Waals surface area (Å²) in [6.45, 7) is 11.2. The molecule has 12 nitrogen and oxygen atoms in total. The van der Waals surface area contributed by atoms with Gasteiger partial charge in [0.2, 0.25) is 18.5 Å². The van der Waals surface area contributed by atoms with E-state index >= 15 is 4.79 Å². The predicted molar refractivity (Wildman–Crippen MR) is 273 cm³/mol. The van der Waals surface area contributed by atoms with E-state index in [4.69, 9.17) is 33.7 Å². The number of aliphatic hydroxyl groups excluding tert-OH is 2. The largest absolute Gasteiger partial charge is 0.492 e. The number of benzene rings is 3. The van der Waals surface area contributed by atoms with Crippen LogP contribution in [0.15, 0.2) is 96.2 Å². The Kier molecular flexibility index (Phi) is 19.1. The molecule has 2 aliphatic carbocycles. The number of hydrogen-bond donors (Lipinski definition) is 2. The number of nitrogens with zero attached hydrogens (tertiary/aromatic N) is 3. The zero-order valence-electron chi connectivity index (χ0n) is 41.8. The Labute approximate surface area is 417 Å². The maximum absolute atomic E-state index is 15.4. The molecule has 1 amide bonds. The van der Waals surface area contributed by atoms with Gasteiger partial charge in [-0.3, -0.25) is 9.69 Å². The maximum Gasteiger partial charge on any atom is 0.239 e. The first-order valence-corrected chi connectivity index (χ1v) is 26.7. The zero-order chi connectivity index (χ0) is 48.5. The first-order valence-electron chi connectivity index (χ1n) is 26.7. The number of aliphatic hydroxyl groups is 2. The SMILES string of the molecule is C=CCO[C@@]12Oc3ccc(OCCN4CC4)cc3[C@H]3[C@H](CCCCO)[C@@H](CCCCO)C=C(C(=NOCc4ccccc4)C[C@@H]1N(Cc1ccc4c(c1)OCO4)C(=O)CCCCCCCCCCC)[C@H]32. The molecule has 3 aromatic rings. The zero-order valence-corrected chi connectivity index (χ0v) is 41.8. The van der Waals surface area contributed by atoms with Crippen molar-refractivity contribution < 1.29 is 43.5 Å². The van der Waals surface area contributed by atoms with Crippen molar-refractivity contribution in [2.45, 2.75) is 147 Å². The highest BCUT2D eigenvalue weighted by Crippen LogP contribution is 2.62. The number of allylic oxidation sites excluding steroid dienone is 1. The molecule has 3 aromatic carbocycles. The molecule has 380 valence electrons. The van der Waals surface area contributed by atoms with Gasteiger partial charge in [-0.15, -0.1) is 6.58 Å². The number of carbonyl (C=O) groups excluding carboxylic acids is 1. The smallest absolute Gasteiger partial charge is 0.239 e. The summed E-state index contributed by atoms with van der Waals surface area (Å²) in [7, 11) is 0. The Morgan fingerprint density at radius 3 is 2.36 bits per heavy atom. The summed E-state index contributed by atoms with van der Waals surface area (Å²) in [5, 5.41) is 25.2. The molecular weight excluding hydrogens is 883 g/mol. The van der Waals surface area contributed by atoms with Crippen LogP contribution in [0.25, 0.3) is 0 Å². The lowest BCUT2D eigenvalue weighted by molar-refractivity contribution is -0.258. The van der Waals surface area contributed by atoms with Gasteiger partial charge < -0.3 is 43.6 Å². The number of rotatable bonds is 31. The molecule has 2 fully saturated rings. The first-order chi connectivity index (χ1) is 34.5. The van der Waals surface area contributed by atoms with E-state index < -0.39 is 17.7 Å². The minimum atomic E-state index is -1.37. The Morgan fingerprint density at radius 1 is 0.857 bits per heavy atom.